The van der Waals surface area contributed by atoms with E-state index in [4.69, 9.17) is 0 Å². The van der Waals surface area contributed by atoms with E-state index in [2.05, 4.69) is 292 Å². The molecular weight excluding hydrogens is 915 g/mol. The fourth-order valence-corrected chi connectivity index (χ4v) is 13.3. The Labute approximate surface area is 444 Å². The Hall–Kier alpha value is -9.30. The summed E-state index contributed by atoms with van der Waals surface area (Å²) in [4.78, 5) is 2.53. The molecule has 12 aromatic carbocycles. The summed E-state index contributed by atoms with van der Waals surface area (Å²) in [7, 11) is 0. The topological polar surface area (TPSA) is 3.24 Å². The molecule has 0 aromatic heterocycles. The first-order valence-corrected chi connectivity index (χ1v) is 26.8. The van der Waals surface area contributed by atoms with Crippen molar-refractivity contribution in [2.75, 3.05) is 4.90 Å². The maximum absolute atomic E-state index is 2.55. The molecule has 0 fully saturated rings. The molecule has 2 atom stereocenters. The summed E-state index contributed by atoms with van der Waals surface area (Å²) in [6.45, 7) is 4.81. The lowest BCUT2D eigenvalue weighted by molar-refractivity contribution is 0.660. The summed E-state index contributed by atoms with van der Waals surface area (Å²) in [6.07, 6.45) is 12.0. The Morgan fingerprint density at radius 2 is 0.842 bits per heavy atom. The largest absolute Gasteiger partial charge is 0.311 e. The van der Waals surface area contributed by atoms with Crippen molar-refractivity contribution in [1.82, 2.24) is 0 Å². The molecule has 15 rings (SSSR count). The predicted octanol–water partition coefficient (Wildman–Crippen LogP) is 20.2. The van der Waals surface area contributed by atoms with Crippen LogP contribution in [0, 0.1) is 0 Å². The van der Waals surface area contributed by atoms with Gasteiger partial charge in [-0.15, -0.1) is 0 Å². The molecule has 0 heterocycles. The van der Waals surface area contributed by atoms with Gasteiger partial charge in [0.25, 0.3) is 0 Å². The van der Waals surface area contributed by atoms with Gasteiger partial charge in [0, 0.05) is 34.3 Å². The van der Waals surface area contributed by atoms with Gasteiger partial charge in [-0.25, -0.2) is 0 Å². The van der Waals surface area contributed by atoms with E-state index in [0.29, 0.717) is 0 Å². The molecule has 3 aliphatic carbocycles. The Morgan fingerprint density at radius 1 is 0.355 bits per heavy atom. The second-order valence-corrected chi connectivity index (χ2v) is 21.6. The molecule has 0 saturated carbocycles. The summed E-state index contributed by atoms with van der Waals surface area (Å²) in [5, 5.41) is 10.1. The first-order valence-electron chi connectivity index (χ1n) is 26.8. The van der Waals surface area contributed by atoms with Crippen molar-refractivity contribution < 1.29 is 0 Å². The van der Waals surface area contributed by atoms with Crippen LogP contribution in [-0.4, -0.2) is 0 Å². The Morgan fingerprint density at radius 3 is 1.50 bits per heavy atom. The van der Waals surface area contributed by atoms with Crippen molar-refractivity contribution in [1.29, 1.82) is 0 Å². The van der Waals surface area contributed by atoms with Crippen molar-refractivity contribution in [3.05, 3.63) is 300 Å². The van der Waals surface area contributed by atoms with Crippen LogP contribution in [0.25, 0.3) is 99.7 Å². The first-order chi connectivity index (χ1) is 37.4. The van der Waals surface area contributed by atoms with Gasteiger partial charge in [0.05, 0.1) is 0 Å². The normalized spacial score (nSPS) is 15.8. The Bertz CT molecular complexity index is 4400. The standard InChI is InChI=1S/C75H53N/c1-75(2)73-42-49(30-29-48-31-33-52-43-69(50-17-5-3-6-18-50)70(44-53(52)41-48)51-19-7-4-8-20-51)32-37-67(73)68-40-36-56(47-74(68)75)76(54-34-38-65-61-25-11-9-21-57(61)59-23-13-15-27-63(59)71(65)45-54)55-35-39-66-62-26-12-10-22-58(62)60-24-14-16-28-64(60)72(66)46-55/h3-47,65,71H,1-2H3/b30-29+. The van der Waals surface area contributed by atoms with E-state index in [1.54, 1.807) is 0 Å². The SMILES string of the molecule is CC1(C)c2cc(/C=C/c3ccc4cc(-c5ccccc5)c(-c5ccccc5)cc4c3)ccc2-c2ccc(N(C3=CC4c5ccccc5-c5ccccc5C4C=C3)c3ccc4c5ccccc5c5ccccc5c4c3)cc21. The lowest BCUT2D eigenvalue weighted by Gasteiger charge is -2.37. The van der Waals surface area contributed by atoms with E-state index in [1.807, 2.05) is 0 Å². The van der Waals surface area contributed by atoms with Crippen LogP contribution in [0.5, 0.6) is 0 Å². The molecule has 12 aromatic rings. The van der Waals surface area contributed by atoms with Crippen molar-refractivity contribution in [3.63, 3.8) is 0 Å². The number of allylic oxidation sites excluding steroid dienone is 3. The van der Waals surface area contributed by atoms with Gasteiger partial charge in [0.15, 0.2) is 0 Å². The third kappa shape index (κ3) is 7.07. The number of benzene rings is 12. The molecule has 0 amide bonds. The van der Waals surface area contributed by atoms with Crippen LogP contribution in [0.2, 0.25) is 0 Å². The molecule has 0 spiro atoms. The zero-order valence-electron chi connectivity index (χ0n) is 42.6. The molecule has 2 unspecified atom stereocenters. The van der Waals surface area contributed by atoms with Gasteiger partial charge < -0.3 is 4.90 Å². The molecule has 0 saturated heterocycles. The summed E-state index contributed by atoms with van der Waals surface area (Å²) in [5.74, 6) is 0.441. The van der Waals surface area contributed by atoms with Gasteiger partial charge in [-0.3, -0.25) is 0 Å². The van der Waals surface area contributed by atoms with Crippen molar-refractivity contribution in [3.8, 4) is 44.5 Å². The maximum atomic E-state index is 2.55. The number of rotatable bonds is 7. The van der Waals surface area contributed by atoms with Gasteiger partial charge in [0.2, 0.25) is 0 Å². The average molecular weight is 968 g/mol. The fourth-order valence-electron chi connectivity index (χ4n) is 13.3. The minimum absolute atomic E-state index is 0.189. The fraction of sp³-hybridized carbons (Fsp3) is 0.0667. The van der Waals surface area contributed by atoms with Crippen molar-refractivity contribution >= 4 is 66.6 Å². The van der Waals surface area contributed by atoms with Gasteiger partial charge in [-0.05, 0) is 170 Å². The molecule has 358 valence electrons. The number of nitrogens with zero attached hydrogens (tertiary/aromatic N) is 1. The zero-order chi connectivity index (χ0) is 50.5. The molecule has 0 radical (unpaired) electrons. The van der Waals surface area contributed by atoms with Crippen LogP contribution in [0.15, 0.2) is 267 Å². The lowest BCUT2D eigenvalue weighted by Crippen LogP contribution is -2.23. The van der Waals surface area contributed by atoms with E-state index in [0.717, 1.165) is 11.4 Å². The van der Waals surface area contributed by atoms with Crippen molar-refractivity contribution in [2.45, 2.75) is 31.1 Å². The van der Waals surface area contributed by atoms with Gasteiger partial charge >= 0.3 is 0 Å². The van der Waals surface area contributed by atoms with Crippen LogP contribution in [0.3, 0.4) is 0 Å². The van der Waals surface area contributed by atoms with Crippen molar-refractivity contribution in [2.24, 2.45) is 0 Å². The third-order valence-electron chi connectivity index (χ3n) is 17.0. The highest BCUT2D eigenvalue weighted by atomic mass is 15.1. The zero-order valence-corrected chi connectivity index (χ0v) is 42.6. The molecule has 0 bridgehead atoms. The lowest BCUT2D eigenvalue weighted by atomic mass is 9.69. The minimum Gasteiger partial charge on any atom is -0.311 e. The second kappa shape index (κ2) is 17.4. The van der Waals surface area contributed by atoms with Crippen LogP contribution in [0.1, 0.15) is 59.1 Å². The highest BCUT2D eigenvalue weighted by molar-refractivity contribution is 6.25. The van der Waals surface area contributed by atoms with Gasteiger partial charge in [0.1, 0.15) is 0 Å². The molecule has 0 N–H and O–H groups in total. The molecule has 1 nitrogen and oxygen atoms in total. The summed E-state index contributed by atoms with van der Waals surface area (Å²) in [6, 6.07) is 90.4. The Kier molecular flexibility index (Phi) is 10.1. The number of hydrogen-bond donors (Lipinski definition) is 0. The van der Waals surface area contributed by atoms with E-state index in [1.165, 1.54) is 127 Å². The minimum atomic E-state index is -0.240. The first kappa shape index (κ1) is 44.2. The highest BCUT2D eigenvalue weighted by Crippen LogP contribution is 2.54. The molecule has 76 heavy (non-hydrogen) atoms. The molecular formula is C75H53N. The summed E-state index contributed by atoms with van der Waals surface area (Å²) in [5.41, 5.74) is 21.3. The monoisotopic (exact) mass is 967 g/mol. The van der Waals surface area contributed by atoms with Crippen LogP contribution >= 0.6 is 0 Å². The predicted molar refractivity (Wildman–Crippen MR) is 323 cm³/mol. The molecule has 1 heteroatoms. The summed E-state index contributed by atoms with van der Waals surface area (Å²) >= 11 is 0. The van der Waals surface area contributed by atoms with E-state index in [-0.39, 0.29) is 17.3 Å². The maximum Gasteiger partial charge on any atom is 0.0468 e. The second-order valence-electron chi connectivity index (χ2n) is 21.6. The quantitative estimate of drug-likeness (QED) is 0.114. The molecule has 0 aliphatic heterocycles. The average Bonchev–Trinajstić information content (AvgIpc) is 3.84. The number of hydrogen-bond acceptors (Lipinski definition) is 1. The van der Waals surface area contributed by atoms with Gasteiger partial charge in [-0.2, -0.15) is 0 Å². The van der Waals surface area contributed by atoms with Gasteiger partial charge in [-0.1, -0.05) is 238 Å². The van der Waals surface area contributed by atoms with Crippen LogP contribution < -0.4 is 4.90 Å². The van der Waals surface area contributed by atoms with Crippen LogP contribution in [0.4, 0.5) is 11.4 Å². The highest BCUT2D eigenvalue weighted by Gasteiger charge is 2.38. The van der Waals surface area contributed by atoms with E-state index in [9.17, 15) is 0 Å². The van der Waals surface area contributed by atoms with E-state index < -0.39 is 0 Å². The van der Waals surface area contributed by atoms with Crippen LogP contribution in [-0.2, 0) is 5.41 Å². The Balaban J connectivity index is 0.818. The molecule has 3 aliphatic rings. The summed E-state index contributed by atoms with van der Waals surface area (Å²) < 4.78 is 0. The third-order valence-corrected chi connectivity index (χ3v) is 17.0. The number of fused-ring (bicyclic) bond motifs is 16. The number of anilines is 2. The smallest absolute Gasteiger partial charge is 0.0468 e. The van der Waals surface area contributed by atoms with E-state index >= 15 is 0 Å².